The van der Waals surface area contributed by atoms with Gasteiger partial charge in [-0.05, 0) is 31.0 Å². The minimum atomic E-state index is -3.73. The van der Waals surface area contributed by atoms with Crippen LogP contribution in [0, 0.1) is 0 Å². The van der Waals surface area contributed by atoms with E-state index in [2.05, 4.69) is 10.1 Å². The van der Waals surface area contributed by atoms with Crippen LogP contribution in [0.25, 0.3) is 5.69 Å². The number of nitrogens with one attached hydrogen (secondary N) is 1. The summed E-state index contributed by atoms with van der Waals surface area (Å²) in [5.74, 6) is 0. The minimum absolute atomic E-state index is 0.0118. The van der Waals surface area contributed by atoms with Crippen molar-refractivity contribution in [2.24, 2.45) is 0 Å². The lowest BCUT2D eigenvalue weighted by atomic mass is 10.3. The summed E-state index contributed by atoms with van der Waals surface area (Å²) in [7, 11) is -2.17. The summed E-state index contributed by atoms with van der Waals surface area (Å²) in [6.07, 6.45) is 4.65. The zero-order valence-electron chi connectivity index (χ0n) is 13.5. The summed E-state index contributed by atoms with van der Waals surface area (Å²) in [6.45, 7) is 0. The van der Waals surface area contributed by atoms with Gasteiger partial charge in [0, 0.05) is 13.1 Å². The predicted octanol–water partition coefficient (Wildman–Crippen LogP) is 1.14. The fourth-order valence-electron chi connectivity index (χ4n) is 2.99. The number of aromatic amines is 1. The predicted molar refractivity (Wildman–Crippen MR) is 92.7 cm³/mol. The van der Waals surface area contributed by atoms with Gasteiger partial charge in [-0.1, -0.05) is 24.4 Å². The molecule has 8 nitrogen and oxygen atoms in total. The van der Waals surface area contributed by atoms with Crippen molar-refractivity contribution in [3.63, 3.8) is 0 Å². The molecular weight excluding hydrogens is 368 g/mol. The smallest absolute Gasteiger partial charge is 0.271 e. The van der Waals surface area contributed by atoms with Gasteiger partial charge in [-0.3, -0.25) is 9.78 Å². The van der Waals surface area contributed by atoms with Crippen molar-refractivity contribution >= 4 is 21.6 Å². The summed E-state index contributed by atoms with van der Waals surface area (Å²) >= 11 is 6.18. The first-order chi connectivity index (χ1) is 11.8. The number of H-pyrrole nitrogens is 1. The van der Waals surface area contributed by atoms with Gasteiger partial charge in [-0.25, -0.2) is 13.2 Å². The molecule has 0 amide bonds. The molecule has 3 rings (SSSR count). The molecule has 0 unspecified atom stereocenters. The van der Waals surface area contributed by atoms with Crippen LogP contribution in [0.2, 0.25) is 5.02 Å². The molecule has 134 valence electrons. The van der Waals surface area contributed by atoms with Gasteiger partial charge >= 0.3 is 5.69 Å². The third-order valence-electron chi connectivity index (χ3n) is 4.37. The number of hydrogen-bond acceptors (Lipinski definition) is 5. The summed E-state index contributed by atoms with van der Waals surface area (Å²) < 4.78 is 27.9. The van der Waals surface area contributed by atoms with E-state index in [9.17, 15) is 18.0 Å². The molecule has 1 saturated carbocycles. The van der Waals surface area contributed by atoms with Crippen LogP contribution in [0.5, 0.6) is 0 Å². The molecule has 1 aromatic heterocycles. The van der Waals surface area contributed by atoms with Crippen LogP contribution in [0.4, 0.5) is 0 Å². The number of hydrogen-bond donors (Lipinski definition) is 1. The van der Waals surface area contributed by atoms with Crippen LogP contribution >= 0.6 is 11.6 Å². The Morgan fingerprint density at radius 2 is 1.96 bits per heavy atom. The Morgan fingerprint density at radius 1 is 1.28 bits per heavy atom. The summed E-state index contributed by atoms with van der Waals surface area (Å²) in [4.78, 5) is 24.9. The monoisotopic (exact) mass is 384 g/mol. The van der Waals surface area contributed by atoms with E-state index in [1.807, 2.05) is 0 Å². The van der Waals surface area contributed by atoms with Crippen molar-refractivity contribution in [2.75, 3.05) is 7.05 Å². The van der Waals surface area contributed by atoms with Gasteiger partial charge < -0.3 is 0 Å². The van der Waals surface area contributed by atoms with Gasteiger partial charge in [0.05, 0.1) is 10.7 Å². The number of nitrogens with zero attached hydrogens (tertiary/aromatic N) is 3. The first kappa shape index (κ1) is 17.8. The molecule has 0 bridgehead atoms. The van der Waals surface area contributed by atoms with Crippen LogP contribution in [-0.2, 0) is 10.0 Å². The van der Waals surface area contributed by atoms with E-state index in [1.54, 1.807) is 7.05 Å². The standard InChI is InChI=1S/C15H17ClN4O4S/c1-19(10-4-2-3-5-10)25(23,24)13-7-6-11(8-12(13)16)20-15(22)18-14(21)9-17-20/h6-10H,2-5H2,1H3,(H,18,21,22). The second-order valence-corrected chi connectivity index (χ2v) is 8.30. The number of rotatable bonds is 4. The Bertz CT molecular complexity index is 1010. The number of benzene rings is 1. The quantitative estimate of drug-likeness (QED) is 0.850. The molecule has 0 aliphatic heterocycles. The summed E-state index contributed by atoms with van der Waals surface area (Å²) in [5, 5.41) is 3.71. The van der Waals surface area contributed by atoms with Crippen LogP contribution in [0.15, 0.2) is 38.9 Å². The lowest BCUT2D eigenvalue weighted by molar-refractivity contribution is 0.373. The largest absolute Gasteiger partial charge is 0.349 e. The van der Waals surface area contributed by atoms with E-state index >= 15 is 0 Å². The number of halogens is 1. The first-order valence-corrected chi connectivity index (χ1v) is 9.59. The van der Waals surface area contributed by atoms with Crippen molar-refractivity contribution < 1.29 is 8.42 Å². The molecule has 0 radical (unpaired) electrons. The molecule has 0 saturated heterocycles. The van der Waals surface area contributed by atoms with Crippen LogP contribution in [0.3, 0.4) is 0 Å². The molecule has 2 aromatic rings. The first-order valence-electron chi connectivity index (χ1n) is 7.77. The molecule has 1 heterocycles. The molecular formula is C15H17ClN4O4S. The topological polar surface area (TPSA) is 105 Å². The second kappa shape index (κ2) is 6.74. The van der Waals surface area contributed by atoms with Gasteiger partial charge in [0.1, 0.15) is 11.1 Å². The fourth-order valence-corrected chi connectivity index (χ4v) is 4.91. The molecule has 1 fully saturated rings. The highest BCUT2D eigenvalue weighted by molar-refractivity contribution is 7.89. The van der Waals surface area contributed by atoms with Crippen LogP contribution < -0.4 is 11.2 Å². The molecule has 25 heavy (non-hydrogen) atoms. The second-order valence-electron chi connectivity index (χ2n) is 5.93. The Morgan fingerprint density at radius 3 is 2.56 bits per heavy atom. The molecule has 1 aliphatic carbocycles. The van der Waals surface area contributed by atoms with Gasteiger partial charge in [-0.2, -0.15) is 14.1 Å². The lowest BCUT2D eigenvalue weighted by Crippen LogP contribution is -2.35. The highest BCUT2D eigenvalue weighted by Gasteiger charge is 2.31. The van der Waals surface area contributed by atoms with Crippen molar-refractivity contribution in [1.82, 2.24) is 19.1 Å². The third-order valence-corrected chi connectivity index (χ3v) is 6.76. The maximum Gasteiger partial charge on any atom is 0.349 e. The molecule has 1 aromatic carbocycles. The third kappa shape index (κ3) is 3.39. The maximum absolute atomic E-state index is 12.8. The van der Waals surface area contributed by atoms with Crippen molar-refractivity contribution in [3.8, 4) is 5.69 Å². The molecule has 0 spiro atoms. The summed E-state index contributed by atoms with van der Waals surface area (Å²) in [6, 6.07) is 4.08. The lowest BCUT2D eigenvalue weighted by Gasteiger charge is -2.24. The van der Waals surface area contributed by atoms with Gasteiger partial charge in [0.2, 0.25) is 10.0 Å². The number of sulfonamides is 1. The van der Waals surface area contributed by atoms with E-state index in [-0.39, 0.29) is 21.6 Å². The molecule has 10 heteroatoms. The Balaban J connectivity index is 1.99. The Kier molecular flexibility index (Phi) is 4.81. The van der Waals surface area contributed by atoms with E-state index < -0.39 is 21.3 Å². The maximum atomic E-state index is 12.8. The van der Waals surface area contributed by atoms with E-state index in [0.29, 0.717) is 0 Å². The SMILES string of the molecule is CN(C1CCCC1)S(=O)(=O)c1ccc(-n2ncc(=O)[nH]c2=O)cc1Cl. The van der Waals surface area contributed by atoms with E-state index in [0.717, 1.165) is 36.6 Å². The minimum Gasteiger partial charge on any atom is -0.271 e. The molecule has 1 N–H and O–H groups in total. The van der Waals surface area contributed by atoms with Gasteiger partial charge in [0.25, 0.3) is 5.56 Å². The molecule has 1 aliphatic rings. The zero-order valence-corrected chi connectivity index (χ0v) is 15.0. The van der Waals surface area contributed by atoms with Crippen molar-refractivity contribution in [1.29, 1.82) is 0 Å². The highest BCUT2D eigenvalue weighted by Crippen LogP contribution is 2.31. The Hall–Kier alpha value is -1.97. The van der Waals surface area contributed by atoms with Gasteiger partial charge in [0.15, 0.2) is 0 Å². The van der Waals surface area contributed by atoms with Crippen molar-refractivity contribution in [3.05, 3.63) is 50.3 Å². The average Bonchev–Trinajstić information content (AvgIpc) is 3.08. The zero-order chi connectivity index (χ0) is 18.2. The van der Waals surface area contributed by atoms with E-state index in [4.69, 9.17) is 11.6 Å². The van der Waals surface area contributed by atoms with Crippen molar-refractivity contribution in [2.45, 2.75) is 36.6 Å². The van der Waals surface area contributed by atoms with Crippen LogP contribution in [-0.4, -0.2) is 40.6 Å². The highest BCUT2D eigenvalue weighted by atomic mass is 35.5. The van der Waals surface area contributed by atoms with Gasteiger partial charge in [-0.15, -0.1) is 0 Å². The van der Waals surface area contributed by atoms with Crippen LogP contribution in [0.1, 0.15) is 25.7 Å². The normalized spacial score (nSPS) is 15.8. The van der Waals surface area contributed by atoms with E-state index in [1.165, 1.54) is 22.5 Å². The fraction of sp³-hybridized carbons (Fsp3) is 0.400. The Labute approximate surface area is 149 Å². The summed E-state index contributed by atoms with van der Waals surface area (Å²) in [5.41, 5.74) is -1.10. The number of aromatic nitrogens is 3. The average molecular weight is 385 g/mol. The molecule has 0 atom stereocenters.